The molecule has 2 N–H and O–H groups in total. The number of unbranched alkanes of at least 4 members (excludes halogenated alkanes) is 1. The number of benzene rings is 1. The highest BCUT2D eigenvalue weighted by atomic mass is 16.5. The molecule has 0 atom stereocenters. The Bertz CT molecular complexity index is 598. The molecule has 1 amide bonds. The fourth-order valence-electron chi connectivity index (χ4n) is 2.18. The summed E-state index contributed by atoms with van der Waals surface area (Å²) in [4.78, 5) is 12.0. The molecule has 0 spiro atoms. The van der Waals surface area contributed by atoms with E-state index in [9.17, 15) is 4.79 Å². The molecule has 2 aromatic rings. The molecule has 1 aromatic carbocycles. The number of amides is 1. The van der Waals surface area contributed by atoms with E-state index in [2.05, 4.69) is 25.9 Å². The second kappa shape index (κ2) is 8.87. The van der Waals surface area contributed by atoms with Crippen molar-refractivity contribution < 1.29 is 9.53 Å². The fraction of sp³-hybridized carbons (Fsp3) is 0.500. The summed E-state index contributed by atoms with van der Waals surface area (Å²) in [6, 6.07) is 7.65. The Morgan fingerprint density at radius 1 is 1.30 bits per heavy atom. The fourth-order valence-corrected chi connectivity index (χ4v) is 2.18. The van der Waals surface area contributed by atoms with Gasteiger partial charge in [0.15, 0.2) is 5.82 Å². The number of hydrogen-bond donors (Lipinski definition) is 2. The first-order valence-corrected chi connectivity index (χ1v) is 7.88. The standard InChI is InChI=1S/C16H23N5O2/c1-12(2)23-14-8-4-3-7-13(14)11-16(22)17-10-6-5-9-15-18-20-21-19-15/h3-4,7-8,12H,5-6,9-11H2,1-2H3,(H,17,22)(H,18,19,20,21). The molecule has 0 fully saturated rings. The first kappa shape index (κ1) is 16.9. The van der Waals surface area contributed by atoms with Crippen LogP contribution in [-0.2, 0) is 17.6 Å². The van der Waals surface area contributed by atoms with Crippen LogP contribution in [0.5, 0.6) is 5.75 Å². The summed E-state index contributed by atoms with van der Waals surface area (Å²) < 4.78 is 5.73. The zero-order chi connectivity index (χ0) is 16.5. The zero-order valence-electron chi connectivity index (χ0n) is 13.6. The monoisotopic (exact) mass is 317 g/mol. The van der Waals surface area contributed by atoms with Gasteiger partial charge in [-0.3, -0.25) is 4.79 Å². The van der Waals surface area contributed by atoms with Crippen LogP contribution in [0.25, 0.3) is 0 Å². The Balaban J connectivity index is 1.70. The van der Waals surface area contributed by atoms with Gasteiger partial charge in [-0.25, -0.2) is 0 Å². The summed E-state index contributed by atoms with van der Waals surface area (Å²) in [6.45, 7) is 4.59. The third-order valence-corrected chi connectivity index (χ3v) is 3.22. The summed E-state index contributed by atoms with van der Waals surface area (Å²) in [5, 5.41) is 16.6. The molecule has 0 saturated carbocycles. The van der Waals surface area contributed by atoms with E-state index in [1.807, 2.05) is 38.1 Å². The van der Waals surface area contributed by atoms with Crippen molar-refractivity contribution >= 4 is 5.91 Å². The quantitative estimate of drug-likeness (QED) is 0.686. The molecule has 2 rings (SSSR count). The zero-order valence-corrected chi connectivity index (χ0v) is 13.6. The molecule has 0 bridgehead atoms. The van der Waals surface area contributed by atoms with E-state index in [0.29, 0.717) is 18.8 Å². The summed E-state index contributed by atoms with van der Waals surface area (Å²) in [5.41, 5.74) is 0.908. The van der Waals surface area contributed by atoms with E-state index >= 15 is 0 Å². The number of nitrogens with zero attached hydrogens (tertiary/aromatic N) is 3. The number of hydrogen-bond acceptors (Lipinski definition) is 5. The molecule has 23 heavy (non-hydrogen) atoms. The van der Waals surface area contributed by atoms with Crippen LogP contribution in [0.3, 0.4) is 0 Å². The first-order valence-electron chi connectivity index (χ1n) is 7.88. The lowest BCUT2D eigenvalue weighted by atomic mass is 10.1. The normalized spacial score (nSPS) is 10.7. The highest BCUT2D eigenvalue weighted by molar-refractivity contribution is 5.79. The van der Waals surface area contributed by atoms with Gasteiger partial charge in [-0.15, -0.1) is 10.2 Å². The van der Waals surface area contributed by atoms with Gasteiger partial charge >= 0.3 is 0 Å². The largest absolute Gasteiger partial charge is 0.491 e. The van der Waals surface area contributed by atoms with Gasteiger partial charge in [0.05, 0.1) is 12.5 Å². The first-order chi connectivity index (χ1) is 11.1. The van der Waals surface area contributed by atoms with Crippen LogP contribution in [-0.4, -0.2) is 39.2 Å². The summed E-state index contributed by atoms with van der Waals surface area (Å²) in [6.07, 6.45) is 2.96. The third kappa shape index (κ3) is 6.06. The lowest BCUT2D eigenvalue weighted by Crippen LogP contribution is -2.26. The molecule has 7 heteroatoms. The molecular formula is C16H23N5O2. The van der Waals surface area contributed by atoms with Crippen molar-refractivity contribution in [3.05, 3.63) is 35.7 Å². The maximum absolute atomic E-state index is 12.0. The molecule has 0 unspecified atom stereocenters. The predicted octanol–water partition coefficient (Wildman–Crippen LogP) is 1.67. The number of carbonyl (C=O) groups excluding carboxylic acids is 1. The van der Waals surface area contributed by atoms with E-state index < -0.39 is 0 Å². The van der Waals surface area contributed by atoms with E-state index in [1.54, 1.807) is 0 Å². The number of aromatic nitrogens is 4. The van der Waals surface area contributed by atoms with Crippen molar-refractivity contribution in [1.82, 2.24) is 25.9 Å². The Morgan fingerprint density at radius 2 is 2.13 bits per heavy atom. The topological polar surface area (TPSA) is 92.8 Å². The van der Waals surface area contributed by atoms with E-state index in [4.69, 9.17) is 4.74 Å². The molecule has 1 heterocycles. The predicted molar refractivity (Wildman–Crippen MR) is 86.0 cm³/mol. The average Bonchev–Trinajstić information content (AvgIpc) is 3.02. The van der Waals surface area contributed by atoms with Gasteiger partial charge in [-0.2, -0.15) is 5.21 Å². The van der Waals surface area contributed by atoms with Crippen LogP contribution in [0, 0.1) is 0 Å². The summed E-state index contributed by atoms with van der Waals surface area (Å²) in [5.74, 6) is 1.48. The summed E-state index contributed by atoms with van der Waals surface area (Å²) >= 11 is 0. The van der Waals surface area contributed by atoms with Crippen LogP contribution in [0.1, 0.15) is 38.1 Å². The van der Waals surface area contributed by atoms with E-state index in [-0.39, 0.29) is 12.0 Å². The third-order valence-electron chi connectivity index (χ3n) is 3.22. The molecule has 1 aromatic heterocycles. The molecule has 0 saturated heterocycles. The van der Waals surface area contributed by atoms with Gasteiger partial charge in [0, 0.05) is 18.5 Å². The number of nitrogens with one attached hydrogen (secondary N) is 2. The minimum atomic E-state index is 0.00404. The number of ether oxygens (including phenoxy) is 1. The van der Waals surface area contributed by atoms with Gasteiger partial charge in [0.25, 0.3) is 0 Å². The maximum Gasteiger partial charge on any atom is 0.224 e. The Labute approximate surface area is 135 Å². The van der Waals surface area contributed by atoms with Crippen molar-refractivity contribution in [3.63, 3.8) is 0 Å². The average molecular weight is 317 g/mol. The van der Waals surface area contributed by atoms with Crippen molar-refractivity contribution in [2.45, 2.75) is 45.6 Å². The van der Waals surface area contributed by atoms with Crippen LogP contribution >= 0.6 is 0 Å². The molecule has 0 aliphatic rings. The van der Waals surface area contributed by atoms with Gasteiger partial charge in [0.1, 0.15) is 5.75 Å². The molecule has 0 aliphatic heterocycles. The minimum absolute atomic E-state index is 0.00404. The number of tetrazole rings is 1. The molecule has 7 nitrogen and oxygen atoms in total. The minimum Gasteiger partial charge on any atom is -0.491 e. The highest BCUT2D eigenvalue weighted by Crippen LogP contribution is 2.19. The Hall–Kier alpha value is -2.44. The van der Waals surface area contributed by atoms with Crippen molar-refractivity contribution in [2.75, 3.05) is 6.54 Å². The van der Waals surface area contributed by atoms with Gasteiger partial charge in [-0.05, 0) is 32.8 Å². The van der Waals surface area contributed by atoms with Crippen molar-refractivity contribution in [2.24, 2.45) is 0 Å². The lowest BCUT2D eigenvalue weighted by molar-refractivity contribution is -0.120. The second-order valence-electron chi connectivity index (χ2n) is 5.59. The number of carbonyl (C=O) groups is 1. The number of rotatable bonds is 9. The molecule has 124 valence electrons. The highest BCUT2D eigenvalue weighted by Gasteiger charge is 2.09. The number of H-pyrrole nitrogens is 1. The summed E-state index contributed by atoms with van der Waals surface area (Å²) in [7, 11) is 0. The number of para-hydroxylation sites is 1. The Kier molecular flexibility index (Phi) is 6.53. The SMILES string of the molecule is CC(C)Oc1ccccc1CC(=O)NCCCCc1nn[nH]n1. The maximum atomic E-state index is 12.0. The van der Waals surface area contributed by atoms with E-state index in [1.165, 1.54) is 0 Å². The van der Waals surface area contributed by atoms with Crippen LogP contribution in [0.4, 0.5) is 0 Å². The smallest absolute Gasteiger partial charge is 0.224 e. The lowest BCUT2D eigenvalue weighted by Gasteiger charge is -2.14. The van der Waals surface area contributed by atoms with Gasteiger partial charge < -0.3 is 10.1 Å². The second-order valence-corrected chi connectivity index (χ2v) is 5.59. The molecule has 0 aliphatic carbocycles. The van der Waals surface area contributed by atoms with Crippen molar-refractivity contribution in [3.8, 4) is 5.75 Å². The van der Waals surface area contributed by atoms with Crippen LogP contribution in [0.2, 0.25) is 0 Å². The van der Waals surface area contributed by atoms with Crippen molar-refractivity contribution in [1.29, 1.82) is 0 Å². The van der Waals surface area contributed by atoms with Crippen LogP contribution in [0.15, 0.2) is 24.3 Å². The Morgan fingerprint density at radius 3 is 2.87 bits per heavy atom. The van der Waals surface area contributed by atoms with Gasteiger partial charge in [-0.1, -0.05) is 23.4 Å². The van der Waals surface area contributed by atoms with E-state index in [0.717, 1.165) is 30.6 Å². The van der Waals surface area contributed by atoms with Gasteiger partial charge in [0.2, 0.25) is 5.91 Å². The number of aryl methyl sites for hydroxylation is 1. The molecular weight excluding hydrogens is 294 g/mol. The molecule has 0 radical (unpaired) electrons. The van der Waals surface area contributed by atoms with Crippen LogP contribution < -0.4 is 10.1 Å². The number of aromatic amines is 1.